The van der Waals surface area contributed by atoms with Gasteiger partial charge in [0.15, 0.2) is 5.78 Å². The molecule has 3 nitrogen and oxygen atoms in total. The second kappa shape index (κ2) is 7.96. The van der Waals surface area contributed by atoms with Gasteiger partial charge in [0.25, 0.3) is 0 Å². The van der Waals surface area contributed by atoms with Crippen molar-refractivity contribution < 1.29 is 14.3 Å². The standard InChI is InChI=1S/C18H26O3/c1-14-9-8-10-15(13-14)16(19)11-6-5-7-12-17(20)21-18(2,3)4/h8-10,13H,5-7,11-12H2,1-4H3. The van der Waals surface area contributed by atoms with Crippen molar-refractivity contribution in [3.05, 3.63) is 35.4 Å². The van der Waals surface area contributed by atoms with E-state index in [0.29, 0.717) is 12.8 Å². The molecule has 0 aliphatic rings. The lowest BCUT2D eigenvalue weighted by molar-refractivity contribution is -0.154. The van der Waals surface area contributed by atoms with Crippen molar-refractivity contribution in [2.75, 3.05) is 0 Å². The van der Waals surface area contributed by atoms with Gasteiger partial charge in [-0.2, -0.15) is 0 Å². The zero-order valence-electron chi connectivity index (χ0n) is 13.6. The summed E-state index contributed by atoms with van der Waals surface area (Å²) < 4.78 is 5.24. The van der Waals surface area contributed by atoms with Gasteiger partial charge in [0.2, 0.25) is 0 Å². The van der Waals surface area contributed by atoms with Crippen LogP contribution in [0.15, 0.2) is 24.3 Å². The number of carbonyl (C=O) groups excluding carboxylic acids is 2. The van der Waals surface area contributed by atoms with E-state index in [1.54, 1.807) is 0 Å². The minimum absolute atomic E-state index is 0.160. The van der Waals surface area contributed by atoms with E-state index in [4.69, 9.17) is 4.74 Å². The van der Waals surface area contributed by atoms with Crippen LogP contribution >= 0.6 is 0 Å². The van der Waals surface area contributed by atoms with Gasteiger partial charge in [-0.1, -0.05) is 30.2 Å². The van der Waals surface area contributed by atoms with Gasteiger partial charge < -0.3 is 4.74 Å². The summed E-state index contributed by atoms with van der Waals surface area (Å²) in [5, 5.41) is 0. The molecule has 0 aliphatic heterocycles. The van der Waals surface area contributed by atoms with Crippen LogP contribution in [0, 0.1) is 6.92 Å². The average molecular weight is 290 g/mol. The lowest BCUT2D eigenvalue weighted by Gasteiger charge is -2.19. The predicted molar refractivity (Wildman–Crippen MR) is 84.4 cm³/mol. The molecule has 1 aromatic rings. The van der Waals surface area contributed by atoms with Crippen LogP contribution in [-0.4, -0.2) is 17.4 Å². The second-order valence-electron chi connectivity index (χ2n) is 6.44. The number of ketones is 1. The van der Waals surface area contributed by atoms with E-state index in [0.717, 1.165) is 30.4 Å². The van der Waals surface area contributed by atoms with Crippen molar-refractivity contribution in [1.29, 1.82) is 0 Å². The summed E-state index contributed by atoms with van der Waals surface area (Å²) in [4.78, 5) is 23.5. The topological polar surface area (TPSA) is 43.4 Å². The minimum atomic E-state index is -0.418. The summed E-state index contributed by atoms with van der Waals surface area (Å²) in [6.45, 7) is 7.58. The van der Waals surface area contributed by atoms with Crippen LogP contribution in [-0.2, 0) is 9.53 Å². The Balaban J connectivity index is 2.20. The van der Waals surface area contributed by atoms with Gasteiger partial charge in [-0.15, -0.1) is 0 Å². The molecular weight excluding hydrogens is 264 g/mol. The summed E-state index contributed by atoms with van der Waals surface area (Å²) in [5.41, 5.74) is 1.46. The maximum Gasteiger partial charge on any atom is 0.306 e. The summed E-state index contributed by atoms with van der Waals surface area (Å²) in [6.07, 6.45) is 3.43. The Kier molecular flexibility index (Phi) is 6.60. The van der Waals surface area contributed by atoms with Gasteiger partial charge in [-0.05, 0) is 46.6 Å². The van der Waals surface area contributed by atoms with Crippen LogP contribution in [0.2, 0.25) is 0 Å². The van der Waals surface area contributed by atoms with E-state index in [2.05, 4.69) is 0 Å². The zero-order valence-corrected chi connectivity index (χ0v) is 13.6. The first kappa shape index (κ1) is 17.4. The highest BCUT2D eigenvalue weighted by Crippen LogP contribution is 2.13. The van der Waals surface area contributed by atoms with Crippen LogP contribution in [0.4, 0.5) is 0 Å². The number of benzene rings is 1. The molecule has 0 fully saturated rings. The molecule has 0 bridgehead atoms. The molecule has 0 aliphatic carbocycles. The molecule has 0 heterocycles. The van der Waals surface area contributed by atoms with E-state index >= 15 is 0 Å². The highest BCUT2D eigenvalue weighted by molar-refractivity contribution is 5.96. The van der Waals surface area contributed by atoms with Gasteiger partial charge in [0.05, 0.1) is 0 Å². The SMILES string of the molecule is Cc1cccc(C(=O)CCCCCC(=O)OC(C)(C)C)c1. The van der Waals surface area contributed by atoms with Crippen molar-refractivity contribution in [2.45, 2.75) is 65.4 Å². The van der Waals surface area contributed by atoms with Crippen LogP contribution in [0.1, 0.15) is 68.8 Å². The van der Waals surface area contributed by atoms with Gasteiger partial charge in [-0.25, -0.2) is 0 Å². The van der Waals surface area contributed by atoms with Crippen molar-refractivity contribution in [1.82, 2.24) is 0 Å². The van der Waals surface area contributed by atoms with E-state index in [1.165, 1.54) is 0 Å². The normalized spacial score (nSPS) is 11.2. The maximum atomic E-state index is 12.0. The number of esters is 1. The molecule has 0 N–H and O–H groups in total. The number of ether oxygens (including phenoxy) is 1. The number of hydrogen-bond acceptors (Lipinski definition) is 3. The molecule has 0 saturated heterocycles. The summed E-state index contributed by atoms with van der Waals surface area (Å²) in [5.74, 6) is 0.0171. The lowest BCUT2D eigenvalue weighted by atomic mass is 10.0. The molecule has 0 aromatic heterocycles. The molecule has 116 valence electrons. The number of carbonyl (C=O) groups is 2. The third-order valence-electron chi connectivity index (χ3n) is 3.04. The number of aryl methyl sites for hydroxylation is 1. The van der Waals surface area contributed by atoms with Crippen LogP contribution in [0.25, 0.3) is 0 Å². The van der Waals surface area contributed by atoms with Crippen molar-refractivity contribution in [3.63, 3.8) is 0 Å². The van der Waals surface area contributed by atoms with E-state index in [1.807, 2.05) is 52.0 Å². The number of hydrogen-bond donors (Lipinski definition) is 0. The van der Waals surface area contributed by atoms with Gasteiger partial charge in [-0.3, -0.25) is 9.59 Å². The zero-order chi connectivity index (χ0) is 15.9. The van der Waals surface area contributed by atoms with Crippen LogP contribution < -0.4 is 0 Å². The Hall–Kier alpha value is -1.64. The molecule has 0 atom stereocenters. The average Bonchev–Trinajstić information content (AvgIpc) is 2.36. The molecule has 0 amide bonds. The fourth-order valence-electron chi connectivity index (χ4n) is 2.09. The summed E-state index contributed by atoms with van der Waals surface area (Å²) in [7, 11) is 0. The van der Waals surface area contributed by atoms with Gasteiger partial charge >= 0.3 is 5.97 Å². The molecule has 0 radical (unpaired) electrons. The molecule has 0 unspecified atom stereocenters. The first-order valence-electron chi connectivity index (χ1n) is 7.59. The molecule has 0 saturated carbocycles. The largest absolute Gasteiger partial charge is 0.460 e. The Morgan fingerprint density at radius 2 is 1.71 bits per heavy atom. The number of unbranched alkanes of at least 4 members (excludes halogenated alkanes) is 2. The minimum Gasteiger partial charge on any atom is -0.460 e. The predicted octanol–water partition coefficient (Wildman–Crippen LogP) is 4.47. The van der Waals surface area contributed by atoms with Crippen molar-refractivity contribution in [2.24, 2.45) is 0 Å². The Bertz CT molecular complexity index is 483. The fourth-order valence-corrected chi connectivity index (χ4v) is 2.09. The molecule has 21 heavy (non-hydrogen) atoms. The Labute approximate surface area is 127 Å². The number of rotatable bonds is 7. The third-order valence-corrected chi connectivity index (χ3v) is 3.04. The quantitative estimate of drug-likeness (QED) is 0.423. The van der Waals surface area contributed by atoms with Crippen LogP contribution in [0.5, 0.6) is 0 Å². The lowest BCUT2D eigenvalue weighted by Crippen LogP contribution is -2.23. The van der Waals surface area contributed by atoms with E-state index < -0.39 is 5.60 Å². The monoisotopic (exact) mass is 290 g/mol. The van der Waals surface area contributed by atoms with Crippen molar-refractivity contribution >= 4 is 11.8 Å². The van der Waals surface area contributed by atoms with Gasteiger partial charge in [0, 0.05) is 18.4 Å². The molecule has 0 spiro atoms. The summed E-state index contributed by atoms with van der Waals surface area (Å²) in [6, 6.07) is 7.67. The Morgan fingerprint density at radius 3 is 2.33 bits per heavy atom. The van der Waals surface area contributed by atoms with Gasteiger partial charge in [0.1, 0.15) is 5.60 Å². The first-order valence-corrected chi connectivity index (χ1v) is 7.59. The van der Waals surface area contributed by atoms with E-state index in [-0.39, 0.29) is 11.8 Å². The maximum absolute atomic E-state index is 12.0. The highest BCUT2D eigenvalue weighted by Gasteiger charge is 2.15. The number of Topliss-reactive ketones (excluding diaryl/α,β-unsaturated/α-hetero) is 1. The molecular formula is C18H26O3. The summed E-state index contributed by atoms with van der Waals surface area (Å²) >= 11 is 0. The first-order chi connectivity index (χ1) is 9.78. The smallest absolute Gasteiger partial charge is 0.306 e. The van der Waals surface area contributed by atoms with E-state index in [9.17, 15) is 9.59 Å². The third kappa shape index (κ3) is 7.64. The fraction of sp³-hybridized carbons (Fsp3) is 0.556. The van der Waals surface area contributed by atoms with Crippen LogP contribution in [0.3, 0.4) is 0 Å². The second-order valence-corrected chi connectivity index (χ2v) is 6.44. The molecule has 1 aromatic carbocycles. The highest BCUT2D eigenvalue weighted by atomic mass is 16.6. The van der Waals surface area contributed by atoms with Crippen molar-refractivity contribution in [3.8, 4) is 0 Å². The molecule has 1 rings (SSSR count). The molecule has 3 heteroatoms. The Morgan fingerprint density at radius 1 is 1.05 bits per heavy atom.